The summed E-state index contributed by atoms with van der Waals surface area (Å²) in [5.41, 5.74) is 1.16. The Morgan fingerprint density at radius 1 is 1.22 bits per heavy atom. The summed E-state index contributed by atoms with van der Waals surface area (Å²) in [5.74, 6) is 0.122. The number of piperidine rings is 1. The van der Waals surface area contributed by atoms with Crippen molar-refractivity contribution in [3.05, 3.63) is 47.5 Å². The summed E-state index contributed by atoms with van der Waals surface area (Å²) in [7, 11) is 1.77. The number of anilines is 1. The van der Waals surface area contributed by atoms with Crippen molar-refractivity contribution in [3.63, 3.8) is 0 Å². The summed E-state index contributed by atoms with van der Waals surface area (Å²) in [6.07, 6.45) is -0.522. The van der Waals surface area contributed by atoms with E-state index in [1.165, 1.54) is 6.20 Å². The maximum Gasteiger partial charge on any atom is 0.433 e. The Kier molecular flexibility index (Phi) is 5.94. The van der Waals surface area contributed by atoms with Gasteiger partial charge in [-0.2, -0.15) is 13.2 Å². The van der Waals surface area contributed by atoms with Gasteiger partial charge in [-0.15, -0.1) is 0 Å². The monoisotopic (exact) mass is 379 g/mol. The number of alkyl halides is 3. The van der Waals surface area contributed by atoms with E-state index in [1.54, 1.807) is 11.9 Å². The van der Waals surface area contributed by atoms with Crippen LogP contribution in [0.1, 0.15) is 29.9 Å². The SMILES string of the molecule is Cc1cccc(CCN2CCCC(N(C)c3nccc(C(F)(F)F)n3)C2)n1. The molecule has 0 aromatic carbocycles. The van der Waals surface area contributed by atoms with E-state index in [0.717, 1.165) is 56.4 Å². The molecule has 0 saturated carbocycles. The van der Waals surface area contributed by atoms with Gasteiger partial charge in [-0.25, -0.2) is 9.97 Å². The number of hydrogen-bond acceptors (Lipinski definition) is 5. The van der Waals surface area contributed by atoms with Gasteiger partial charge in [0.25, 0.3) is 0 Å². The number of hydrogen-bond donors (Lipinski definition) is 0. The number of halogens is 3. The number of aryl methyl sites for hydroxylation is 1. The Bertz CT molecular complexity index is 765. The van der Waals surface area contributed by atoms with Gasteiger partial charge in [0.1, 0.15) is 5.69 Å². The van der Waals surface area contributed by atoms with Crippen molar-refractivity contribution in [2.45, 2.75) is 38.4 Å². The van der Waals surface area contributed by atoms with Crippen molar-refractivity contribution in [2.24, 2.45) is 0 Å². The van der Waals surface area contributed by atoms with E-state index in [2.05, 4.69) is 19.9 Å². The van der Waals surface area contributed by atoms with Crippen LogP contribution in [0.25, 0.3) is 0 Å². The number of pyridine rings is 1. The second kappa shape index (κ2) is 8.21. The molecule has 0 aliphatic carbocycles. The topological polar surface area (TPSA) is 45.2 Å². The summed E-state index contributed by atoms with van der Waals surface area (Å²) in [4.78, 5) is 16.4. The van der Waals surface area contributed by atoms with Crippen LogP contribution < -0.4 is 4.90 Å². The maximum atomic E-state index is 12.9. The average molecular weight is 379 g/mol. The first kappa shape index (κ1) is 19.5. The lowest BCUT2D eigenvalue weighted by Gasteiger charge is -2.37. The molecular weight excluding hydrogens is 355 g/mol. The molecule has 0 bridgehead atoms. The molecule has 0 N–H and O–H groups in total. The van der Waals surface area contributed by atoms with Gasteiger partial charge in [-0.05, 0) is 44.5 Å². The van der Waals surface area contributed by atoms with Crippen LogP contribution in [0.15, 0.2) is 30.5 Å². The number of nitrogens with zero attached hydrogens (tertiary/aromatic N) is 5. The summed E-state index contributed by atoms with van der Waals surface area (Å²) < 4.78 is 38.7. The molecule has 3 heterocycles. The van der Waals surface area contributed by atoms with Crippen molar-refractivity contribution in [2.75, 3.05) is 31.6 Å². The van der Waals surface area contributed by atoms with Crippen molar-refractivity contribution < 1.29 is 13.2 Å². The highest BCUT2D eigenvalue weighted by Crippen LogP contribution is 2.28. The molecule has 0 spiro atoms. The van der Waals surface area contributed by atoms with Gasteiger partial charge in [0.2, 0.25) is 5.95 Å². The van der Waals surface area contributed by atoms with E-state index >= 15 is 0 Å². The van der Waals surface area contributed by atoms with E-state index in [0.29, 0.717) is 0 Å². The van der Waals surface area contributed by atoms with Gasteiger partial charge < -0.3 is 9.80 Å². The van der Waals surface area contributed by atoms with Gasteiger partial charge in [-0.1, -0.05) is 6.07 Å². The van der Waals surface area contributed by atoms with Crippen LogP contribution in [0.3, 0.4) is 0 Å². The normalized spacial score (nSPS) is 18.5. The summed E-state index contributed by atoms with van der Waals surface area (Å²) in [5, 5.41) is 0. The molecule has 1 aliphatic heterocycles. The highest BCUT2D eigenvalue weighted by Gasteiger charge is 2.33. The number of likely N-dealkylation sites (tertiary alicyclic amines) is 1. The van der Waals surface area contributed by atoms with Gasteiger partial charge in [0.05, 0.1) is 0 Å². The van der Waals surface area contributed by atoms with E-state index in [4.69, 9.17) is 0 Å². The molecule has 1 saturated heterocycles. The third kappa shape index (κ3) is 5.15. The molecule has 5 nitrogen and oxygen atoms in total. The number of rotatable bonds is 5. The molecule has 0 radical (unpaired) electrons. The Morgan fingerprint density at radius 2 is 2.04 bits per heavy atom. The zero-order valence-electron chi connectivity index (χ0n) is 15.6. The molecule has 3 rings (SSSR count). The van der Waals surface area contributed by atoms with Crippen molar-refractivity contribution >= 4 is 5.95 Å². The molecule has 1 fully saturated rings. The van der Waals surface area contributed by atoms with Crippen LogP contribution in [0, 0.1) is 6.92 Å². The minimum atomic E-state index is -4.46. The smallest absolute Gasteiger partial charge is 0.340 e. The standard InChI is InChI=1S/C19H24F3N5/c1-14-5-3-6-15(24-14)9-12-27-11-4-7-16(13-27)26(2)18-23-10-8-17(25-18)19(20,21)22/h3,5-6,8,10,16H,4,7,9,11-13H2,1-2H3. The fraction of sp³-hybridized carbons (Fsp3) is 0.526. The fourth-order valence-corrected chi connectivity index (χ4v) is 3.40. The zero-order chi connectivity index (χ0) is 19.4. The Hall–Kier alpha value is -2.22. The average Bonchev–Trinajstić information content (AvgIpc) is 2.65. The minimum absolute atomic E-state index is 0.0905. The van der Waals surface area contributed by atoms with Crippen LogP contribution >= 0.6 is 0 Å². The molecule has 8 heteroatoms. The lowest BCUT2D eigenvalue weighted by Crippen LogP contribution is -2.47. The third-order valence-corrected chi connectivity index (χ3v) is 4.91. The quantitative estimate of drug-likeness (QED) is 0.797. The fourth-order valence-electron chi connectivity index (χ4n) is 3.40. The van der Waals surface area contributed by atoms with E-state index in [-0.39, 0.29) is 12.0 Å². The molecule has 1 aliphatic rings. The molecule has 1 unspecified atom stereocenters. The summed E-state index contributed by atoms with van der Waals surface area (Å²) in [6, 6.07) is 7.00. The van der Waals surface area contributed by atoms with Crippen molar-refractivity contribution in [3.8, 4) is 0 Å². The predicted molar refractivity (Wildman–Crippen MR) is 97.6 cm³/mol. The second-order valence-corrected chi connectivity index (χ2v) is 6.97. The molecule has 27 heavy (non-hydrogen) atoms. The first-order valence-corrected chi connectivity index (χ1v) is 9.11. The molecule has 2 aromatic heterocycles. The zero-order valence-corrected chi connectivity index (χ0v) is 15.6. The third-order valence-electron chi connectivity index (χ3n) is 4.91. The summed E-state index contributed by atoms with van der Waals surface area (Å²) >= 11 is 0. The van der Waals surface area contributed by atoms with Gasteiger partial charge in [0, 0.05) is 50.2 Å². The largest absolute Gasteiger partial charge is 0.433 e. The lowest BCUT2D eigenvalue weighted by atomic mass is 10.0. The van der Waals surface area contributed by atoms with Crippen LogP contribution in [-0.2, 0) is 12.6 Å². The highest BCUT2D eigenvalue weighted by molar-refractivity contribution is 5.31. The second-order valence-electron chi connectivity index (χ2n) is 6.97. The van der Waals surface area contributed by atoms with Crippen LogP contribution in [0.5, 0.6) is 0 Å². The summed E-state index contributed by atoms with van der Waals surface area (Å²) in [6.45, 7) is 4.62. The van der Waals surface area contributed by atoms with Crippen LogP contribution in [0.2, 0.25) is 0 Å². The Balaban J connectivity index is 1.62. The number of likely N-dealkylation sites (N-methyl/N-ethyl adjacent to an activating group) is 1. The molecular formula is C19H24F3N5. The van der Waals surface area contributed by atoms with E-state index in [1.807, 2.05) is 25.1 Å². The Labute approximate surface area is 157 Å². The van der Waals surface area contributed by atoms with E-state index < -0.39 is 11.9 Å². The van der Waals surface area contributed by atoms with Crippen LogP contribution in [-0.4, -0.2) is 52.6 Å². The highest BCUT2D eigenvalue weighted by atomic mass is 19.4. The maximum absolute atomic E-state index is 12.9. The molecule has 146 valence electrons. The molecule has 1 atom stereocenters. The first-order valence-electron chi connectivity index (χ1n) is 9.11. The van der Waals surface area contributed by atoms with Gasteiger partial charge in [0.15, 0.2) is 0 Å². The van der Waals surface area contributed by atoms with Crippen molar-refractivity contribution in [1.29, 1.82) is 0 Å². The van der Waals surface area contributed by atoms with E-state index in [9.17, 15) is 13.2 Å². The predicted octanol–water partition coefficient (Wildman–Crippen LogP) is 3.34. The minimum Gasteiger partial charge on any atom is -0.340 e. The Morgan fingerprint density at radius 3 is 2.78 bits per heavy atom. The lowest BCUT2D eigenvalue weighted by molar-refractivity contribution is -0.141. The first-order chi connectivity index (χ1) is 12.8. The van der Waals surface area contributed by atoms with Gasteiger partial charge >= 0.3 is 6.18 Å². The van der Waals surface area contributed by atoms with Gasteiger partial charge in [-0.3, -0.25) is 4.98 Å². The molecule has 2 aromatic rings. The van der Waals surface area contributed by atoms with Crippen LogP contribution in [0.4, 0.5) is 19.1 Å². The number of aromatic nitrogens is 3. The van der Waals surface area contributed by atoms with Crippen molar-refractivity contribution in [1.82, 2.24) is 19.9 Å². The molecule has 0 amide bonds.